The highest BCUT2D eigenvalue weighted by Gasteiger charge is 2.60. The first-order valence-corrected chi connectivity index (χ1v) is 9.82. The van der Waals surface area contributed by atoms with Crippen LogP contribution in [-0.2, 0) is 4.79 Å². The average Bonchev–Trinajstić information content (AvgIpc) is 2.78. The minimum Gasteiger partial charge on any atom is -0.385 e. The molecule has 0 radical (unpaired) electrons. The second-order valence-corrected chi connectivity index (χ2v) is 9.35. The van der Waals surface area contributed by atoms with Crippen molar-refractivity contribution >= 4 is 5.78 Å². The minimum absolute atomic E-state index is 0.135. The summed E-state index contributed by atoms with van der Waals surface area (Å²) < 4.78 is 0. The molecular formula is C21H32O2. The third-order valence-corrected chi connectivity index (χ3v) is 8.52. The van der Waals surface area contributed by atoms with E-state index in [1.54, 1.807) is 5.57 Å². The zero-order valence-corrected chi connectivity index (χ0v) is 15.0. The summed E-state index contributed by atoms with van der Waals surface area (Å²) in [6.07, 6.45) is 11.2. The van der Waals surface area contributed by atoms with Crippen LogP contribution >= 0.6 is 0 Å². The van der Waals surface area contributed by atoms with Crippen molar-refractivity contribution in [2.24, 2.45) is 34.5 Å². The van der Waals surface area contributed by atoms with E-state index in [9.17, 15) is 9.90 Å². The number of carbonyl (C=O) groups is 1. The van der Waals surface area contributed by atoms with E-state index in [-0.39, 0.29) is 11.2 Å². The molecule has 0 aromatic carbocycles. The van der Waals surface area contributed by atoms with Crippen LogP contribution in [0.25, 0.3) is 0 Å². The van der Waals surface area contributed by atoms with Crippen molar-refractivity contribution in [3.8, 4) is 0 Å². The molecule has 3 fully saturated rings. The van der Waals surface area contributed by atoms with Gasteiger partial charge < -0.3 is 5.11 Å². The Hall–Kier alpha value is -0.630. The molecule has 0 aliphatic heterocycles. The van der Waals surface area contributed by atoms with Crippen LogP contribution in [0, 0.1) is 34.5 Å². The Morgan fingerprint density at radius 2 is 1.91 bits per heavy atom. The fraction of sp³-hybridized carbons (Fsp3) is 0.857. The molecule has 128 valence electrons. The molecule has 4 aliphatic carbocycles. The number of Topliss-reactive ketones (excluding diaryl/α,β-unsaturated/α-hetero) is 1. The summed E-state index contributed by atoms with van der Waals surface area (Å²) in [6.45, 7) is 6.98. The van der Waals surface area contributed by atoms with Gasteiger partial charge in [0.15, 0.2) is 5.78 Å². The predicted molar refractivity (Wildman–Crippen MR) is 91.9 cm³/mol. The number of allylic oxidation sites excluding steroid dienone is 2. The molecule has 0 bridgehead atoms. The van der Waals surface area contributed by atoms with Crippen molar-refractivity contribution < 1.29 is 9.90 Å². The van der Waals surface area contributed by atoms with Crippen LogP contribution in [0.2, 0.25) is 0 Å². The zero-order chi connectivity index (χ0) is 16.4. The minimum atomic E-state index is -0.697. The molecule has 0 spiro atoms. The maximum atomic E-state index is 12.5. The SMILES string of the molecule is CC[C@H]1CC[C@@]2(C)C(=CC[C@@H]3[C@@H]2CC[C@]2(C)C(=O)[C@H](O)C[C@@H]32)C1. The maximum Gasteiger partial charge on any atom is 0.167 e. The predicted octanol–water partition coefficient (Wildman–Crippen LogP) is 4.52. The van der Waals surface area contributed by atoms with Gasteiger partial charge in [0, 0.05) is 5.41 Å². The fourth-order valence-electron chi connectivity index (χ4n) is 6.87. The fourth-order valence-corrected chi connectivity index (χ4v) is 6.87. The number of fused-ring (bicyclic) bond motifs is 5. The Morgan fingerprint density at radius 3 is 2.65 bits per heavy atom. The number of hydrogen-bond acceptors (Lipinski definition) is 2. The topological polar surface area (TPSA) is 37.3 Å². The first-order valence-electron chi connectivity index (χ1n) is 9.82. The average molecular weight is 316 g/mol. The Morgan fingerprint density at radius 1 is 1.17 bits per heavy atom. The molecule has 0 amide bonds. The number of aliphatic hydroxyl groups excluding tert-OH is 1. The number of carbonyl (C=O) groups excluding carboxylic acids is 1. The van der Waals surface area contributed by atoms with E-state index in [2.05, 4.69) is 26.8 Å². The summed E-state index contributed by atoms with van der Waals surface area (Å²) in [7, 11) is 0. The second kappa shape index (κ2) is 5.18. The molecule has 23 heavy (non-hydrogen) atoms. The van der Waals surface area contributed by atoms with Crippen molar-refractivity contribution in [1.82, 2.24) is 0 Å². The van der Waals surface area contributed by atoms with Gasteiger partial charge in [-0.15, -0.1) is 0 Å². The van der Waals surface area contributed by atoms with Crippen LogP contribution in [0.3, 0.4) is 0 Å². The molecule has 0 aromatic heterocycles. The van der Waals surface area contributed by atoms with Crippen molar-refractivity contribution in [3.63, 3.8) is 0 Å². The van der Waals surface area contributed by atoms with Crippen molar-refractivity contribution in [2.45, 2.75) is 78.2 Å². The van der Waals surface area contributed by atoms with Gasteiger partial charge in [-0.2, -0.15) is 0 Å². The molecule has 1 N–H and O–H groups in total. The van der Waals surface area contributed by atoms with Crippen LogP contribution in [0.4, 0.5) is 0 Å². The number of rotatable bonds is 1. The standard InChI is InChI=1S/C21H32O2/c1-4-13-7-9-20(2)14(11-13)5-6-15-16(20)8-10-21(3)17(15)12-18(22)19(21)23/h5,13,15-18,22H,4,6-12H2,1-3H3/t13-,15+,16-,17-,18+,20-,21-/m0/s1. The summed E-state index contributed by atoms with van der Waals surface area (Å²) in [6, 6.07) is 0. The first kappa shape index (κ1) is 15.9. The van der Waals surface area contributed by atoms with E-state index in [1.807, 2.05) is 0 Å². The third kappa shape index (κ3) is 2.06. The van der Waals surface area contributed by atoms with Crippen molar-refractivity contribution in [2.75, 3.05) is 0 Å². The first-order chi connectivity index (χ1) is 10.9. The molecule has 2 heteroatoms. The normalized spacial score (nSPS) is 52.4. The quantitative estimate of drug-likeness (QED) is 0.722. The zero-order valence-electron chi connectivity index (χ0n) is 15.0. The second-order valence-electron chi connectivity index (χ2n) is 9.35. The van der Waals surface area contributed by atoms with E-state index in [0.717, 1.165) is 24.7 Å². The number of hydrogen-bond donors (Lipinski definition) is 1. The van der Waals surface area contributed by atoms with Crippen LogP contribution in [0.1, 0.15) is 72.1 Å². The van der Waals surface area contributed by atoms with Gasteiger partial charge in [-0.25, -0.2) is 0 Å². The summed E-state index contributed by atoms with van der Waals surface area (Å²) in [5.41, 5.74) is 1.85. The Labute approximate surface area is 140 Å². The van der Waals surface area contributed by atoms with Gasteiger partial charge >= 0.3 is 0 Å². The molecular weight excluding hydrogens is 284 g/mol. The van der Waals surface area contributed by atoms with Gasteiger partial charge in [-0.05, 0) is 74.0 Å². The van der Waals surface area contributed by atoms with Gasteiger partial charge in [0.25, 0.3) is 0 Å². The maximum absolute atomic E-state index is 12.5. The Bertz CT molecular complexity index is 550. The van der Waals surface area contributed by atoms with Gasteiger partial charge in [0.2, 0.25) is 0 Å². The Kier molecular flexibility index (Phi) is 3.58. The lowest BCUT2D eigenvalue weighted by atomic mass is 9.47. The van der Waals surface area contributed by atoms with E-state index in [4.69, 9.17) is 0 Å². The number of aliphatic hydroxyl groups is 1. The molecule has 0 aromatic rings. The van der Waals surface area contributed by atoms with Crippen LogP contribution in [0.15, 0.2) is 11.6 Å². The third-order valence-electron chi connectivity index (χ3n) is 8.52. The number of ketones is 1. The summed E-state index contributed by atoms with van der Waals surface area (Å²) in [5.74, 6) is 2.77. The lowest BCUT2D eigenvalue weighted by Gasteiger charge is -2.57. The summed E-state index contributed by atoms with van der Waals surface area (Å²) in [4.78, 5) is 12.5. The van der Waals surface area contributed by atoms with E-state index in [0.29, 0.717) is 23.7 Å². The van der Waals surface area contributed by atoms with Crippen molar-refractivity contribution in [3.05, 3.63) is 11.6 Å². The van der Waals surface area contributed by atoms with E-state index >= 15 is 0 Å². The molecule has 2 nitrogen and oxygen atoms in total. The lowest BCUT2D eigenvalue weighted by Crippen LogP contribution is -2.50. The van der Waals surface area contributed by atoms with E-state index < -0.39 is 6.10 Å². The molecule has 7 atom stereocenters. The van der Waals surface area contributed by atoms with Gasteiger partial charge in [0.1, 0.15) is 6.10 Å². The molecule has 4 rings (SSSR count). The highest BCUT2D eigenvalue weighted by atomic mass is 16.3. The Balaban J connectivity index is 1.66. The summed E-state index contributed by atoms with van der Waals surface area (Å²) >= 11 is 0. The molecule has 4 aliphatic rings. The van der Waals surface area contributed by atoms with Gasteiger partial charge in [-0.3, -0.25) is 4.79 Å². The molecule has 0 unspecified atom stereocenters. The van der Waals surface area contributed by atoms with Crippen LogP contribution < -0.4 is 0 Å². The van der Waals surface area contributed by atoms with Gasteiger partial charge in [0.05, 0.1) is 0 Å². The van der Waals surface area contributed by atoms with Crippen molar-refractivity contribution in [1.29, 1.82) is 0 Å². The monoisotopic (exact) mass is 316 g/mol. The largest absolute Gasteiger partial charge is 0.385 e. The highest BCUT2D eigenvalue weighted by Crippen LogP contribution is 2.64. The lowest BCUT2D eigenvalue weighted by molar-refractivity contribution is -0.136. The van der Waals surface area contributed by atoms with Crippen LogP contribution in [-0.4, -0.2) is 17.0 Å². The highest BCUT2D eigenvalue weighted by molar-refractivity contribution is 5.91. The summed E-state index contributed by atoms with van der Waals surface area (Å²) in [5, 5.41) is 10.2. The van der Waals surface area contributed by atoms with Gasteiger partial charge in [-0.1, -0.05) is 38.8 Å². The smallest absolute Gasteiger partial charge is 0.167 e. The van der Waals surface area contributed by atoms with Crippen LogP contribution in [0.5, 0.6) is 0 Å². The molecule has 0 saturated heterocycles. The van der Waals surface area contributed by atoms with E-state index in [1.165, 1.54) is 32.1 Å². The molecule has 0 heterocycles. The molecule has 3 saturated carbocycles.